The lowest BCUT2D eigenvalue weighted by atomic mass is 10.1. The third-order valence-corrected chi connectivity index (χ3v) is 4.11. The fraction of sp³-hybridized carbons (Fsp3) is 0.529. The number of carbonyl (C=O) groups is 2. The predicted molar refractivity (Wildman–Crippen MR) is 84.0 cm³/mol. The summed E-state index contributed by atoms with van der Waals surface area (Å²) in [6.45, 7) is 1.83. The average molecular weight is 301 g/mol. The van der Waals surface area contributed by atoms with Crippen molar-refractivity contribution < 1.29 is 9.59 Å². The van der Waals surface area contributed by atoms with E-state index in [4.69, 9.17) is 0 Å². The molecule has 22 heavy (non-hydrogen) atoms. The zero-order valence-electron chi connectivity index (χ0n) is 12.7. The number of nitrogens with one attached hydrogen (secondary N) is 3. The van der Waals surface area contributed by atoms with Crippen molar-refractivity contribution in [3.05, 3.63) is 35.4 Å². The molecule has 0 heterocycles. The van der Waals surface area contributed by atoms with Gasteiger partial charge in [-0.1, -0.05) is 24.3 Å². The van der Waals surface area contributed by atoms with Crippen LogP contribution in [0.2, 0.25) is 0 Å². The second-order valence-electron chi connectivity index (χ2n) is 6.32. The molecule has 2 aliphatic rings. The lowest BCUT2D eigenvalue weighted by Crippen LogP contribution is -2.36. The van der Waals surface area contributed by atoms with E-state index < -0.39 is 0 Å². The maximum atomic E-state index is 11.7. The highest BCUT2D eigenvalue weighted by Crippen LogP contribution is 2.28. The van der Waals surface area contributed by atoms with Crippen molar-refractivity contribution in [1.82, 2.24) is 16.0 Å². The second-order valence-corrected chi connectivity index (χ2v) is 6.32. The average Bonchev–Trinajstić information content (AvgIpc) is 3.40. The predicted octanol–water partition coefficient (Wildman–Crippen LogP) is 1.92. The molecule has 2 aliphatic carbocycles. The molecule has 1 aromatic carbocycles. The monoisotopic (exact) mass is 301 g/mol. The van der Waals surface area contributed by atoms with Crippen LogP contribution in [-0.4, -0.2) is 18.5 Å². The lowest BCUT2D eigenvalue weighted by Gasteiger charge is -2.09. The summed E-state index contributed by atoms with van der Waals surface area (Å²) in [5.74, 6) is 1.08. The van der Waals surface area contributed by atoms with Crippen molar-refractivity contribution in [3.63, 3.8) is 0 Å². The Kier molecular flexibility index (Phi) is 4.61. The normalized spacial score (nSPS) is 16.9. The van der Waals surface area contributed by atoms with E-state index >= 15 is 0 Å². The number of carbonyl (C=O) groups excluding carboxylic acids is 2. The maximum Gasteiger partial charge on any atom is 0.315 e. The Morgan fingerprint density at radius 1 is 0.955 bits per heavy atom. The summed E-state index contributed by atoms with van der Waals surface area (Å²) in [5.41, 5.74) is 2.10. The Bertz CT molecular complexity index is 551. The molecule has 3 rings (SSSR count). The van der Waals surface area contributed by atoms with Crippen LogP contribution in [-0.2, 0) is 17.9 Å². The zero-order chi connectivity index (χ0) is 15.4. The second kappa shape index (κ2) is 6.81. The van der Waals surface area contributed by atoms with Crippen molar-refractivity contribution in [2.45, 2.75) is 38.8 Å². The van der Waals surface area contributed by atoms with Crippen LogP contribution in [0, 0.1) is 11.8 Å². The number of rotatable bonds is 7. The summed E-state index contributed by atoms with van der Waals surface area (Å²) in [6, 6.07) is 7.84. The molecule has 0 aromatic heterocycles. The van der Waals surface area contributed by atoms with Gasteiger partial charge in [0.25, 0.3) is 0 Å². The first-order valence-electron chi connectivity index (χ1n) is 8.08. The fourth-order valence-corrected chi connectivity index (χ4v) is 2.33. The molecule has 3 amide bonds. The fourth-order valence-electron chi connectivity index (χ4n) is 2.33. The quantitative estimate of drug-likeness (QED) is 0.720. The first-order chi connectivity index (χ1) is 10.7. The van der Waals surface area contributed by atoms with Crippen molar-refractivity contribution in [3.8, 4) is 0 Å². The first-order valence-corrected chi connectivity index (χ1v) is 8.08. The molecule has 1 aromatic rings. The smallest absolute Gasteiger partial charge is 0.315 e. The maximum absolute atomic E-state index is 11.7. The number of hydrogen-bond donors (Lipinski definition) is 3. The molecule has 0 spiro atoms. The number of amides is 3. The van der Waals surface area contributed by atoms with Gasteiger partial charge in [-0.25, -0.2) is 4.79 Å². The third kappa shape index (κ3) is 4.76. The van der Waals surface area contributed by atoms with Crippen LogP contribution in [0.25, 0.3) is 0 Å². The van der Waals surface area contributed by atoms with E-state index in [0.717, 1.165) is 30.5 Å². The molecule has 2 saturated carbocycles. The summed E-state index contributed by atoms with van der Waals surface area (Å²) >= 11 is 0. The molecule has 5 nitrogen and oxygen atoms in total. The molecule has 2 fully saturated rings. The van der Waals surface area contributed by atoms with Gasteiger partial charge in [0.05, 0.1) is 0 Å². The summed E-state index contributed by atoms with van der Waals surface area (Å²) in [7, 11) is 0. The first kappa shape index (κ1) is 14.9. The van der Waals surface area contributed by atoms with Gasteiger partial charge in [0.2, 0.25) is 5.91 Å². The van der Waals surface area contributed by atoms with Gasteiger partial charge in [0.1, 0.15) is 0 Å². The Balaban J connectivity index is 1.41. The molecule has 0 saturated heterocycles. The van der Waals surface area contributed by atoms with E-state index in [1.54, 1.807) is 0 Å². The van der Waals surface area contributed by atoms with Gasteiger partial charge in [-0.3, -0.25) is 4.79 Å². The van der Waals surface area contributed by atoms with Gasteiger partial charge in [0, 0.05) is 25.6 Å². The van der Waals surface area contributed by atoms with Crippen LogP contribution in [0.4, 0.5) is 4.79 Å². The van der Waals surface area contributed by atoms with Crippen molar-refractivity contribution >= 4 is 11.9 Å². The van der Waals surface area contributed by atoms with Gasteiger partial charge in [-0.15, -0.1) is 0 Å². The van der Waals surface area contributed by atoms with Crippen LogP contribution in [0.15, 0.2) is 24.3 Å². The Hall–Kier alpha value is -2.04. The Morgan fingerprint density at radius 2 is 1.64 bits per heavy atom. The van der Waals surface area contributed by atoms with E-state index in [2.05, 4.69) is 16.0 Å². The highest BCUT2D eigenvalue weighted by molar-refractivity contribution is 5.80. The third-order valence-electron chi connectivity index (χ3n) is 4.11. The molecule has 0 radical (unpaired) electrons. The minimum absolute atomic E-state index is 0.112. The topological polar surface area (TPSA) is 70.2 Å². The molecular weight excluding hydrogens is 278 g/mol. The van der Waals surface area contributed by atoms with Gasteiger partial charge in [0.15, 0.2) is 0 Å². The van der Waals surface area contributed by atoms with E-state index in [9.17, 15) is 9.59 Å². The Labute approximate surface area is 130 Å². The van der Waals surface area contributed by atoms with Crippen molar-refractivity contribution in [2.24, 2.45) is 11.8 Å². The van der Waals surface area contributed by atoms with Crippen molar-refractivity contribution in [1.29, 1.82) is 0 Å². The van der Waals surface area contributed by atoms with Gasteiger partial charge < -0.3 is 16.0 Å². The van der Waals surface area contributed by atoms with E-state index in [0.29, 0.717) is 19.0 Å². The van der Waals surface area contributed by atoms with Crippen LogP contribution in [0.5, 0.6) is 0 Å². The molecular formula is C17H23N3O2. The molecule has 0 bridgehead atoms. The van der Waals surface area contributed by atoms with Gasteiger partial charge >= 0.3 is 6.03 Å². The summed E-state index contributed by atoms with van der Waals surface area (Å²) < 4.78 is 0. The number of urea groups is 1. The SMILES string of the molecule is O=C(NCc1cccc(CNC(=O)C2CC2)c1)NCC1CC1. The van der Waals surface area contributed by atoms with Gasteiger partial charge in [-0.05, 0) is 42.7 Å². The van der Waals surface area contributed by atoms with Crippen LogP contribution in [0.3, 0.4) is 0 Å². The van der Waals surface area contributed by atoms with Crippen molar-refractivity contribution in [2.75, 3.05) is 6.54 Å². The molecule has 5 heteroatoms. The zero-order valence-corrected chi connectivity index (χ0v) is 12.7. The molecule has 0 unspecified atom stereocenters. The summed E-state index contributed by atoms with van der Waals surface area (Å²) in [6.07, 6.45) is 4.50. The van der Waals surface area contributed by atoms with E-state index in [1.807, 2.05) is 24.3 Å². The van der Waals surface area contributed by atoms with Gasteiger partial charge in [-0.2, -0.15) is 0 Å². The number of hydrogen-bond acceptors (Lipinski definition) is 2. The highest BCUT2D eigenvalue weighted by atomic mass is 16.2. The lowest BCUT2D eigenvalue weighted by molar-refractivity contribution is -0.122. The van der Waals surface area contributed by atoms with Crippen LogP contribution in [0.1, 0.15) is 36.8 Å². The number of benzene rings is 1. The minimum Gasteiger partial charge on any atom is -0.352 e. The largest absolute Gasteiger partial charge is 0.352 e. The van der Waals surface area contributed by atoms with E-state index in [-0.39, 0.29) is 17.9 Å². The molecule has 3 N–H and O–H groups in total. The minimum atomic E-state index is -0.112. The van der Waals surface area contributed by atoms with Crippen LogP contribution < -0.4 is 16.0 Å². The summed E-state index contributed by atoms with van der Waals surface area (Å²) in [4.78, 5) is 23.3. The van der Waals surface area contributed by atoms with Crippen LogP contribution >= 0.6 is 0 Å². The highest BCUT2D eigenvalue weighted by Gasteiger charge is 2.29. The van der Waals surface area contributed by atoms with E-state index in [1.165, 1.54) is 12.8 Å². The molecule has 0 aliphatic heterocycles. The molecule has 0 atom stereocenters. The molecule has 118 valence electrons. The Morgan fingerprint density at radius 3 is 2.27 bits per heavy atom. The summed E-state index contributed by atoms with van der Waals surface area (Å²) in [5, 5.41) is 8.70. The standard InChI is InChI=1S/C17H23N3O2/c21-16(15-6-7-15)18-10-13-2-1-3-14(8-13)11-20-17(22)19-9-12-4-5-12/h1-3,8,12,15H,4-7,9-11H2,(H,18,21)(H2,19,20,22).